The van der Waals surface area contributed by atoms with Gasteiger partial charge < -0.3 is 21.7 Å². The van der Waals surface area contributed by atoms with E-state index in [4.69, 9.17) is 5.73 Å². The van der Waals surface area contributed by atoms with Crippen LogP contribution in [0.25, 0.3) is 0 Å². The van der Waals surface area contributed by atoms with Gasteiger partial charge in [-0.05, 0) is 26.2 Å². The molecule has 1 fully saturated rings. The molecule has 0 aromatic heterocycles. The van der Waals surface area contributed by atoms with Crippen LogP contribution in [0.2, 0.25) is 0 Å². The van der Waals surface area contributed by atoms with E-state index in [1.807, 2.05) is 6.92 Å². The van der Waals surface area contributed by atoms with Gasteiger partial charge in [0.2, 0.25) is 5.91 Å². The Balaban J connectivity index is 0.00000361. The molecule has 1 rings (SSSR count). The zero-order valence-corrected chi connectivity index (χ0v) is 12.9. The van der Waals surface area contributed by atoms with E-state index in [1.165, 1.54) is 19.3 Å². The normalized spacial score (nSPS) is 16.7. The Kier molecular flexibility index (Phi) is 10.2. The van der Waals surface area contributed by atoms with E-state index in [9.17, 15) is 9.59 Å². The molecule has 1 aliphatic carbocycles. The van der Waals surface area contributed by atoms with Crippen LogP contribution in [0, 0.1) is 0 Å². The number of hydrogen-bond donors (Lipinski definition) is 4. The standard InChI is InChI=1S/C13H26N4O2.ClH/c1-10(14)7-8-15-12(18)9-16-13(19)17-11-5-3-2-4-6-11;/h10-11H,2-9,14H2,1H3,(H,15,18)(H2,16,17,19);1H. The van der Waals surface area contributed by atoms with E-state index in [0.29, 0.717) is 6.54 Å². The van der Waals surface area contributed by atoms with Crippen LogP contribution < -0.4 is 21.7 Å². The van der Waals surface area contributed by atoms with Gasteiger partial charge in [-0.2, -0.15) is 0 Å². The Bertz CT molecular complexity index is 294. The van der Waals surface area contributed by atoms with Gasteiger partial charge in [0.15, 0.2) is 0 Å². The second-order valence-electron chi connectivity index (χ2n) is 5.28. The second-order valence-corrected chi connectivity index (χ2v) is 5.28. The highest BCUT2D eigenvalue weighted by molar-refractivity contribution is 5.85. The summed E-state index contributed by atoms with van der Waals surface area (Å²) in [6.07, 6.45) is 6.40. The Morgan fingerprint density at radius 1 is 1.20 bits per heavy atom. The number of urea groups is 1. The van der Waals surface area contributed by atoms with Crippen LogP contribution in [0.5, 0.6) is 0 Å². The molecule has 6 nitrogen and oxygen atoms in total. The lowest BCUT2D eigenvalue weighted by Gasteiger charge is -2.22. The molecule has 0 spiro atoms. The van der Waals surface area contributed by atoms with E-state index >= 15 is 0 Å². The van der Waals surface area contributed by atoms with Crippen molar-refractivity contribution in [3.05, 3.63) is 0 Å². The fourth-order valence-electron chi connectivity index (χ4n) is 2.15. The van der Waals surface area contributed by atoms with Crippen molar-refractivity contribution in [1.82, 2.24) is 16.0 Å². The van der Waals surface area contributed by atoms with Gasteiger partial charge in [0.05, 0.1) is 6.54 Å². The maximum absolute atomic E-state index is 11.6. The van der Waals surface area contributed by atoms with Gasteiger partial charge in [-0.25, -0.2) is 4.79 Å². The topological polar surface area (TPSA) is 96.2 Å². The summed E-state index contributed by atoms with van der Waals surface area (Å²) < 4.78 is 0. The summed E-state index contributed by atoms with van der Waals surface area (Å²) >= 11 is 0. The van der Waals surface area contributed by atoms with Gasteiger partial charge in [0.25, 0.3) is 0 Å². The molecule has 20 heavy (non-hydrogen) atoms. The van der Waals surface area contributed by atoms with Gasteiger partial charge in [-0.3, -0.25) is 4.79 Å². The molecule has 118 valence electrons. The molecule has 0 radical (unpaired) electrons. The van der Waals surface area contributed by atoms with Gasteiger partial charge in [-0.1, -0.05) is 19.3 Å². The fourth-order valence-corrected chi connectivity index (χ4v) is 2.15. The summed E-state index contributed by atoms with van der Waals surface area (Å²) in [4.78, 5) is 23.0. The van der Waals surface area contributed by atoms with E-state index in [0.717, 1.165) is 19.3 Å². The summed E-state index contributed by atoms with van der Waals surface area (Å²) in [7, 11) is 0. The summed E-state index contributed by atoms with van der Waals surface area (Å²) in [6, 6.07) is 0.0759. The molecule has 7 heteroatoms. The monoisotopic (exact) mass is 306 g/mol. The smallest absolute Gasteiger partial charge is 0.315 e. The predicted molar refractivity (Wildman–Crippen MR) is 81.9 cm³/mol. The van der Waals surface area contributed by atoms with Crippen LogP contribution in [0.4, 0.5) is 4.79 Å². The molecule has 1 aliphatic rings. The van der Waals surface area contributed by atoms with E-state index in [-0.39, 0.29) is 43.0 Å². The van der Waals surface area contributed by atoms with Crippen molar-refractivity contribution in [3.8, 4) is 0 Å². The number of carbonyl (C=O) groups excluding carboxylic acids is 2. The van der Waals surface area contributed by atoms with Crippen molar-refractivity contribution in [2.75, 3.05) is 13.1 Å². The SMILES string of the molecule is CC(N)CCNC(=O)CNC(=O)NC1CCCCC1.Cl. The second kappa shape index (κ2) is 10.7. The predicted octanol–water partition coefficient (Wildman–Crippen LogP) is 0.894. The first-order valence-electron chi connectivity index (χ1n) is 7.14. The fraction of sp³-hybridized carbons (Fsp3) is 0.846. The molecule has 3 amide bonds. The number of nitrogens with two attached hydrogens (primary N) is 1. The van der Waals surface area contributed by atoms with Gasteiger partial charge in [0.1, 0.15) is 0 Å². The van der Waals surface area contributed by atoms with Crippen molar-refractivity contribution in [3.63, 3.8) is 0 Å². The minimum absolute atomic E-state index is 0. The van der Waals surface area contributed by atoms with Crippen LogP contribution in [0.1, 0.15) is 45.4 Å². The molecule has 0 aromatic carbocycles. The van der Waals surface area contributed by atoms with Crippen molar-refractivity contribution in [2.24, 2.45) is 5.73 Å². The van der Waals surface area contributed by atoms with Crippen LogP contribution in [0.3, 0.4) is 0 Å². The third-order valence-electron chi connectivity index (χ3n) is 3.27. The number of carbonyl (C=O) groups is 2. The maximum atomic E-state index is 11.6. The van der Waals surface area contributed by atoms with Gasteiger partial charge in [0, 0.05) is 18.6 Å². The number of halogens is 1. The molecule has 1 atom stereocenters. The average molecular weight is 307 g/mol. The lowest BCUT2D eigenvalue weighted by atomic mass is 9.96. The van der Waals surface area contributed by atoms with Crippen molar-refractivity contribution in [2.45, 2.75) is 57.5 Å². The molecule has 5 N–H and O–H groups in total. The molecule has 0 heterocycles. The van der Waals surface area contributed by atoms with Crippen molar-refractivity contribution >= 4 is 24.3 Å². The maximum Gasteiger partial charge on any atom is 0.315 e. The number of hydrogen-bond acceptors (Lipinski definition) is 3. The quantitative estimate of drug-likeness (QED) is 0.587. The van der Waals surface area contributed by atoms with Gasteiger partial charge >= 0.3 is 6.03 Å². The third-order valence-corrected chi connectivity index (χ3v) is 3.27. The summed E-state index contributed by atoms with van der Waals surface area (Å²) in [6.45, 7) is 2.45. The highest BCUT2D eigenvalue weighted by Crippen LogP contribution is 2.16. The van der Waals surface area contributed by atoms with Gasteiger partial charge in [-0.15, -0.1) is 12.4 Å². The molecule has 0 aromatic rings. The Morgan fingerprint density at radius 3 is 2.45 bits per heavy atom. The largest absolute Gasteiger partial charge is 0.355 e. The molecule has 1 unspecified atom stereocenters. The van der Waals surface area contributed by atoms with Crippen LogP contribution >= 0.6 is 12.4 Å². The first-order chi connectivity index (χ1) is 9.08. The zero-order valence-electron chi connectivity index (χ0n) is 12.1. The Morgan fingerprint density at radius 2 is 1.85 bits per heavy atom. The Labute approximate surface area is 127 Å². The lowest BCUT2D eigenvalue weighted by molar-refractivity contribution is -0.120. The number of amides is 3. The van der Waals surface area contributed by atoms with Crippen LogP contribution in [-0.4, -0.2) is 37.1 Å². The Hall–Kier alpha value is -1.01. The number of rotatable bonds is 6. The molecule has 0 saturated heterocycles. The summed E-state index contributed by atoms with van der Waals surface area (Å²) in [5, 5.41) is 8.18. The van der Waals surface area contributed by atoms with Crippen molar-refractivity contribution in [1.29, 1.82) is 0 Å². The van der Waals surface area contributed by atoms with Crippen LogP contribution in [0.15, 0.2) is 0 Å². The summed E-state index contributed by atoms with van der Waals surface area (Å²) in [5.41, 5.74) is 5.57. The highest BCUT2D eigenvalue weighted by Gasteiger charge is 2.15. The minimum atomic E-state index is -0.255. The molecular weight excluding hydrogens is 280 g/mol. The summed E-state index contributed by atoms with van der Waals surface area (Å²) in [5.74, 6) is -0.181. The first kappa shape index (κ1) is 19.0. The van der Waals surface area contributed by atoms with E-state index < -0.39 is 0 Å². The minimum Gasteiger partial charge on any atom is -0.355 e. The number of nitrogens with one attached hydrogen (secondary N) is 3. The third kappa shape index (κ3) is 8.98. The average Bonchev–Trinajstić information content (AvgIpc) is 2.37. The molecule has 0 bridgehead atoms. The van der Waals surface area contributed by atoms with E-state index in [2.05, 4.69) is 16.0 Å². The first-order valence-corrected chi connectivity index (χ1v) is 7.14. The molecule has 0 aliphatic heterocycles. The molecular formula is C13H27ClN4O2. The van der Waals surface area contributed by atoms with Crippen LogP contribution in [-0.2, 0) is 4.79 Å². The molecule has 1 saturated carbocycles. The van der Waals surface area contributed by atoms with E-state index in [1.54, 1.807) is 0 Å². The van der Waals surface area contributed by atoms with Crippen molar-refractivity contribution < 1.29 is 9.59 Å². The lowest BCUT2D eigenvalue weighted by Crippen LogP contribution is -2.46. The zero-order chi connectivity index (χ0) is 14.1. The highest BCUT2D eigenvalue weighted by atomic mass is 35.5.